The van der Waals surface area contributed by atoms with Gasteiger partial charge in [-0.3, -0.25) is 4.79 Å². The van der Waals surface area contributed by atoms with Gasteiger partial charge in [0.2, 0.25) is 17.0 Å². The Balaban J connectivity index is 1.19. The molecule has 3 heterocycles. The Kier molecular flexibility index (Phi) is 5.35. The van der Waals surface area contributed by atoms with Crippen LogP contribution >= 0.6 is 11.8 Å². The van der Waals surface area contributed by atoms with E-state index in [1.54, 1.807) is 12.4 Å². The van der Waals surface area contributed by atoms with Crippen LogP contribution in [-0.4, -0.2) is 67.5 Å². The fourth-order valence-electron chi connectivity index (χ4n) is 3.56. The number of carbonyl (C=O) groups excluding carboxylic acids is 1. The molecule has 0 radical (unpaired) electrons. The molecule has 1 saturated heterocycles. The Hall–Kier alpha value is -2.94. The molecule has 0 atom stereocenters. The second kappa shape index (κ2) is 8.43. The molecule has 0 N–H and O–H groups in total. The van der Waals surface area contributed by atoms with E-state index in [4.69, 9.17) is 4.98 Å². The lowest BCUT2D eigenvalue weighted by Gasteiger charge is -2.34. The van der Waals surface area contributed by atoms with Crippen LogP contribution in [-0.2, 0) is 4.79 Å². The Bertz CT molecular complexity index is 999. The van der Waals surface area contributed by atoms with Crippen molar-refractivity contribution in [2.24, 2.45) is 0 Å². The molecule has 2 aromatic heterocycles. The molecule has 154 valence electrons. The highest BCUT2D eigenvalue weighted by atomic mass is 32.2. The molecule has 0 bridgehead atoms. The van der Waals surface area contributed by atoms with Crippen LogP contribution in [0.4, 0.5) is 5.95 Å². The Morgan fingerprint density at radius 2 is 1.73 bits per heavy atom. The molecule has 3 aromatic rings. The number of benzene rings is 1. The smallest absolute Gasteiger partial charge is 0.233 e. The Labute approximate surface area is 179 Å². The average Bonchev–Trinajstić information content (AvgIpc) is 3.58. The van der Waals surface area contributed by atoms with E-state index in [0.717, 1.165) is 43.4 Å². The first kappa shape index (κ1) is 19.0. The van der Waals surface area contributed by atoms with Crippen molar-refractivity contribution in [1.82, 2.24) is 29.6 Å². The number of rotatable bonds is 6. The molecule has 8 nitrogen and oxygen atoms in total. The van der Waals surface area contributed by atoms with Gasteiger partial charge < -0.3 is 9.80 Å². The second-order valence-electron chi connectivity index (χ2n) is 7.48. The van der Waals surface area contributed by atoms with Crippen LogP contribution < -0.4 is 4.90 Å². The van der Waals surface area contributed by atoms with Crippen molar-refractivity contribution in [1.29, 1.82) is 0 Å². The Morgan fingerprint density at radius 3 is 2.43 bits per heavy atom. The SMILES string of the molecule is O=C(CSc1nc(C2CC2)n(-c2ccccc2)n1)N1CCN(c2ncccn2)CC1. The quantitative estimate of drug-likeness (QED) is 0.565. The maximum Gasteiger partial charge on any atom is 0.233 e. The zero-order valence-corrected chi connectivity index (χ0v) is 17.4. The topological polar surface area (TPSA) is 80.0 Å². The molecule has 30 heavy (non-hydrogen) atoms. The zero-order chi connectivity index (χ0) is 20.3. The molecular formula is C21H23N7OS. The number of piperazine rings is 1. The van der Waals surface area contributed by atoms with Gasteiger partial charge in [0.15, 0.2) is 0 Å². The third kappa shape index (κ3) is 4.16. The maximum atomic E-state index is 12.7. The first-order valence-corrected chi connectivity index (χ1v) is 11.2. The standard InChI is InChI=1S/C21H23N7OS/c29-18(26-11-13-27(14-12-26)20-22-9-4-10-23-20)15-30-21-24-19(16-7-8-16)28(25-21)17-5-2-1-3-6-17/h1-6,9-10,16H,7-8,11-15H2. The van der Waals surface area contributed by atoms with Gasteiger partial charge in [-0.2, -0.15) is 0 Å². The molecule has 1 amide bonds. The maximum absolute atomic E-state index is 12.7. The van der Waals surface area contributed by atoms with Crippen molar-refractivity contribution in [3.8, 4) is 5.69 Å². The minimum atomic E-state index is 0.123. The monoisotopic (exact) mass is 421 g/mol. The summed E-state index contributed by atoms with van der Waals surface area (Å²) in [5.41, 5.74) is 1.02. The Morgan fingerprint density at radius 1 is 1.00 bits per heavy atom. The fourth-order valence-corrected chi connectivity index (χ4v) is 4.29. The zero-order valence-electron chi connectivity index (χ0n) is 16.6. The van der Waals surface area contributed by atoms with Crippen molar-refractivity contribution in [3.05, 3.63) is 54.6 Å². The lowest BCUT2D eigenvalue weighted by atomic mass is 10.3. The number of hydrogen-bond donors (Lipinski definition) is 0. The molecule has 0 spiro atoms. The van der Waals surface area contributed by atoms with Crippen molar-refractivity contribution < 1.29 is 4.79 Å². The summed E-state index contributed by atoms with van der Waals surface area (Å²) in [5, 5.41) is 5.36. The summed E-state index contributed by atoms with van der Waals surface area (Å²) in [6.45, 7) is 2.84. The van der Waals surface area contributed by atoms with Gasteiger partial charge in [-0.05, 0) is 31.0 Å². The molecule has 2 aliphatic rings. The molecule has 1 aliphatic heterocycles. The fraction of sp³-hybridized carbons (Fsp3) is 0.381. The van der Waals surface area contributed by atoms with E-state index in [1.165, 1.54) is 11.8 Å². The van der Waals surface area contributed by atoms with E-state index in [9.17, 15) is 4.79 Å². The number of thioether (sulfide) groups is 1. The number of carbonyl (C=O) groups is 1. The van der Waals surface area contributed by atoms with Gasteiger partial charge in [0.05, 0.1) is 11.4 Å². The van der Waals surface area contributed by atoms with Crippen LogP contribution in [0.15, 0.2) is 53.9 Å². The summed E-state index contributed by atoms with van der Waals surface area (Å²) in [6.07, 6.45) is 5.80. The summed E-state index contributed by atoms with van der Waals surface area (Å²) in [4.78, 5) is 30.1. The second-order valence-corrected chi connectivity index (χ2v) is 8.42. The van der Waals surface area contributed by atoms with E-state index in [2.05, 4.69) is 20.0 Å². The molecule has 0 unspecified atom stereocenters. The largest absolute Gasteiger partial charge is 0.338 e. The van der Waals surface area contributed by atoms with Gasteiger partial charge in [0.25, 0.3) is 0 Å². The number of hydrogen-bond acceptors (Lipinski definition) is 7. The summed E-state index contributed by atoms with van der Waals surface area (Å²) in [7, 11) is 0. The normalized spacial score (nSPS) is 16.7. The molecule has 1 aromatic carbocycles. The highest BCUT2D eigenvalue weighted by molar-refractivity contribution is 7.99. The number of aromatic nitrogens is 5. The number of amides is 1. The van der Waals surface area contributed by atoms with Crippen LogP contribution in [0.2, 0.25) is 0 Å². The number of anilines is 1. The third-order valence-corrected chi connectivity index (χ3v) is 6.17. The van der Waals surface area contributed by atoms with Gasteiger partial charge in [-0.25, -0.2) is 19.6 Å². The lowest BCUT2D eigenvalue weighted by molar-refractivity contribution is -0.128. The molecular weight excluding hydrogens is 398 g/mol. The van der Waals surface area contributed by atoms with Crippen LogP contribution in [0.5, 0.6) is 0 Å². The molecule has 1 aliphatic carbocycles. The van der Waals surface area contributed by atoms with Gasteiger partial charge >= 0.3 is 0 Å². The first-order chi connectivity index (χ1) is 14.8. The average molecular weight is 422 g/mol. The van der Waals surface area contributed by atoms with E-state index in [-0.39, 0.29) is 5.91 Å². The van der Waals surface area contributed by atoms with Gasteiger partial charge in [0, 0.05) is 44.5 Å². The molecule has 1 saturated carbocycles. The van der Waals surface area contributed by atoms with Crippen LogP contribution in [0, 0.1) is 0 Å². The minimum absolute atomic E-state index is 0.123. The van der Waals surface area contributed by atoms with Gasteiger partial charge in [-0.1, -0.05) is 30.0 Å². The minimum Gasteiger partial charge on any atom is -0.338 e. The van der Waals surface area contributed by atoms with Crippen LogP contribution in [0.25, 0.3) is 5.69 Å². The summed E-state index contributed by atoms with van der Waals surface area (Å²) >= 11 is 1.42. The van der Waals surface area contributed by atoms with Crippen molar-refractivity contribution in [2.75, 3.05) is 36.8 Å². The highest BCUT2D eigenvalue weighted by Gasteiger charge is 2.31. The summed E-state index contributed by atoms with van der Waals surface area (Å²) in [6, 6.07) is 11.9. The van der Waals surface area contributed by atoms with Gasteiger partial charge in [-0.15, -0.1) is 5.10 Å². The first-order valence-electron chi connectivity index (χ1n) is 10.2. The van der Waals surface area contributed by atoms with Crippen molar-refractivity contribution in [3.63, 3.8) is 0 Å². The van der Waals surface area contributed by atoms with Crippen LogP contribution in [0.1, 0.15) is 24.6 Å². The van der Waals surface area contributed by atoms with E-state index < -0.39 is 0 Å². The number of nitrogens with zero attached hydrogens (tertiary/aromatic N) is 7. The highest BCUT2D eigenvalue weighted by Crippen LogP contribution is 2.40. The third-order valence-electron chi connectivity index (χ3n) is 5.35. The van der Waals surface area contributed by atoms with E-state index >= 15 is 0 Å². The predicted octanol–water partition coefficient (Wildman–Crippen LogP) is 2.38. The van der Waals surface area contributed by atoms with Gasteiger partial charge in [0.1, 0.15) is 5.82 Å². The summed E-state index contributed by atoms with van der Waals surface area (Å²) < 4.78 is 1.93. The van der Waals surface area contributed by atoms with Crippen molar-refractivity contribution >= 4 is 23.6 Å². The van der Waals surface area contributed by atoms with Crippen molar-refractivity contribution in [2.45, 2.75) is 23.9 Å². The molecule has 2 fully saturated rings. The summed E-state index contributed by atoms with van der Waals surface area (Å²) in [5.74, 6) is 2.69. The predicted molar refractivity (Wildman–Crippen MR) is 115 cm³/mol. The van der Waals surface area contributed by atoms with E-state index in [0.29, 0.717) is 29.9 Å². The van der Waals surface area contributed by atoms with Crippen LogP contribution in [0.3, 0.4) is 0 Å². The molecule has 9 heteroatoms. The molecule has 5 rings (SSSR count). The lowest BCUT2D eigenvalue weighted by Crippen LogP contribution is -2.49. The number of para-hydroxylation sites is 1. The van der Waals surface area contributed by atoms with E-state index in [1.807, 2.05) is 46.0 Å².